The maximum absolute atomic E-state index is 14.3. The van der Waals surface area contributed by atoms with Crippen molar-refractivity contribution in [3.05, 3.63) is 30.6 Å². The molecule has 1 saturated heterocycles. The third-order valence-electron chi connectivity index (χ3n) is 5.39. The van der Waals surface area contributed by atoms with Gasteiger partial charge < -0.3 is 18.9 Å². The van der Waals surface area contributed by atoms with E-state index in [0.29, 0.717) is 30.8 Å². The maximum atomic E-state index is 14.3. The molecule has 166 valence electrons. The van der Waals surface area contributed by atoms with Crippen molar-refractivity contribution in [3.63, 3.8) is 0 Å². The van der Waals surface area contributed by atoms with E-state index in [0.717, 1.165) is 30.3 Å². The van der Waals surface area contributed by atoms with E-state index >= 15 is 0 Å². The van der Waals surface area contributed by atoms with Gasteiger partial charge in [-0.15, -0.1) is 0 Å². The fourth-order valence-electron chi connectivity index (χ4n) is 3.91. The van der Waals surface area contributed by atoms with Crippen molar-refractivity contribution in [2.24, 2.45) is 0 Å². The Morgan fingerprint density at radius 3 is 2.84 bits per heavy atom. The lowest BCUT2D eigenvalue weighted by Crippen LogP contribution is -2.31. The number of hydrogen-bond acceptors (Lipinski definition) is 6. The van der Waals surface area contributed by atoms with Gasteiger partial charge in [-0.2, -0.15) is 19.0 Å². The zero-order valence-corrected chi connectivity index (χ0v) is 17.0. The van der Waals surface area contributed by atoms with Gasteiger partial charge in [-0.3, -0.25) is 4.68 Å². The molecule has 3 aromatic rings. The molecule has 2 aliphatic heterocycles. The molecule has 0 spiro atoms. The Morgan fingerprint density at radius 2 is 1.97 bits per heavy atom. The number of hydrogen-bond donors (Lipinski definition) is 0. The molecule has 1 unspecified atom stereocenters. The first-order valence-corrected chi connectivity index (χ1v) is 10.5. The molecule has 4 heterocycles. The third kappa shape index (κ3) is 4.41. The Hall–Kier alpha value is -2.56. The van der Waals surface area contributed by atoms with Crippen molar-refractivity contribution in [3.8, 4) is 17.0 Å². The Morgan fingerprint density at radius 1 is 1.06 bits per heavy atom. The van der Waals surface area contributed by atoms with Crippen molar-refractivity contribution in [2.45, 2.75) is 38.1 Å². The minimum absolute atomic E-state index is 0.0437. The zero-order valence-electron chi connectivity index (χ0n) is 17.0. The highest BCUT2D eigenvalue weighted by atomic mass is 19.3. The summed E-state index contributed by atoms with van der Waals surface area (Å²) >= 11 is 0. The Balaban J connectivity index is 1.59. The third-order valence-corrected chi connectivity index (χ3v) is 5.39. The average molecular weight is 434 g/mol. The summed E-state index contributed by atoms with van der Waals surface area (Å²) in [6, 6.07) is 4.87. The van der Waals surface area contributed by atoms with Crippen LogP contribution in [0.5, 0.6) is 5.75 Å². The molecule has 0 N–H and O–H groups in total. The SMILES string of the molecule is FC1(F)COCCOCCn2cc(cn2)-c2nn(C3CCCCO3)c3ccc(cc23)O1. The van der Waals surface area contributed by atoms with Gasteiger partial charge >= 0.3 is 6.11 Å². The van der Waals surface area contributed by atoms with Crippen LogP contribution in [0.15, 0.2) is 30.6 Å². The van der Waals surface area contributed by atoms with E-state index in [4.69, 9.17) is 24.0 Å². The summed E-state index contributed by atoms with van der Waals surface area (Å²) in [4.78, 5) is 0. The molecule has 8 nitrogen and oxygen atoms in total. The van der Waals surface area contributed by atoms with Gasteiger partial charge in [0.15, 0.2) is 12.8 Å². The smallest absolute Gasteiger partial charge is 0.421 e. The number of nitrogens with zero attached hydrogens (tertiary/aromatic N) is 4. The van der Waals surface area contributed by atoms with E-state index < -0.39 is 12.7 Å². The van der Waals surface area contributed by atoms with E-state index in [9.17, 15) is 8.78 Å². The van der Waals surface area contributed by atoms with Gasteiger partial charge in [0.25, 0.3) is 0 Å². The monoisotopic (exact) mass is 434 g/mol. The van der Waals surface area contributed by atoms with Crippen LogP contribution in [0.25, 0.3) is 22.2 Å². The largest absolute Gasteiger partial charge is 0.431 e. The van der Waals surface area contributed by atoms with Crippen LogP contribution < -0.4 is 4.74 Å². The summed E-state index contributed by atoms with van der Waals surface area (Å²) in [5.41, 5.74) is 2.23. The lowest BCUT2D eigenvalue weighted by Gasteiger charge is -2.23. The molecule has 10 heteroatoms. The van der Waals surface area contributed by atoms with E-state index in [2.05, 4.69) is 5.10 Å². The van der Waals surface area contributed by atoms with Crippen molar-refractivity contribution in [1.82, 2.24) is 19.6 Å². The lowest BCUT2D eigenvalue weighted by molar-refractivity contribution is -0.213. The van der Waals surface area contributed by atoms with Crippen LogP contribution in [-0.2, 0) is 20.8 Å². The molecule has 0 saturated carbocycles. The highest BCUT2D eigenvalue weighted by Crippen LogP contribution is 2.35. The van der Waals surface area contributed by atoms with Crippen LogP contribution in [0, 0.1) is 0 Å². The molecule has 1 aromatic carbocycles. The molecule has 1 atom stereocenters. The van der Waals surface area contributed by atoms with Gasteiger partial charge in [0.2, 0.25) is 0 Å². The zero-order chi connectivity index (χ0) is 21.3. The first-order chi connectivity index (χ1) is 15.1. The second-order valence-electron chi connectivity index (χ2n) is 7.69. The van der Waals surface area contributed by atoms with Gasteiger partial charge in [-0.05, 0) is 37.5 Å². The van der Waals surface area contributed by atoms with Gasteiger partial charge in [0.1, 0.15) is 11.4 Å². The molecule has 0 amide bonds. The average Bonchev–Trinajstić information content (AvgIpc) is 3.37. The number of fused-ring (bicyclic) bond motifs is 4. The summed E-state index contributed by atoms with van der Waals surface area (Å²) < 4.78 is 53.5. The minimum Gasteiger partial charge on any atom is -0.431 e. The number of alkyl halides is 2. The second-order valence-corrected chi connectivity index (χ2v) is 7.69. The van der Waals surface area contributed by atoms with Gasteiger partial charge in [-0.1, -0.05) is 0 Å². The van der Waals surface area contributed by atoms with E-state index in [-0.39, 0.29) is 25.2 Å². The molecule has 2 aliphatic rings. The number of aromatic nitrogens is 4. The van der Waals surface area contributed by atoms with Crippen LogP contribution in [-0.4, -0.2) is 58.7 Å². The van der Waals surface area contributed by atoms with Crippen molar-refractivity contribution < 1.29 is 27.7 Å². The standard InChI is InChI=1S/C21H24F2N4O4/c22-21(23)14-29-10-9-28-8-6-26-13-15(12-24-26)20-17-11-16(31-21)4-5-18(17)27(25-20)19-3-1-2-7-30-19/h4-5,11-13,19H,1-3,6-10,14H2. The van der Waals surface area contributed by atoms with Crippen LogP contribution in [0.3, 0.4) is 0 Å². The number of ether oxygens (including phenoxy) is 4. The van der Waals surface area contributed by atoms with Crippen LogP contribution in [0.1, 0.15) is 25.5 Å². The summed E-state index contributed by atoms with van der Waals surface area (Å²) in [6.07, 6.45) is 2.86. The molecule has 5 rings (SSSR count). The fraction of sp³-hybridized carbons (Fsp3) is 0.524. The molecule has 0 radical (unpaired) electrons. The fourth-order valence-corrected chi connectivity index (χ4v) is 3.91. The minimum atomic E-state index is -3.46. The second kappa shape index (κ2) is 8.52. The van der Waals surface area contributed by atoms with E-state index in [1.165, 1.54) is 6.07 Å². The van der Waals surface area contributed by atoms with Crippen LogP contribution in [0.2, 0.25) is 0 Å². The van der Waals surface area contributed by atoms with Gasteiger partial charge in [-0.25, -0.2) is 4.68 Å². The quantitative estimate of drug-likeness (QED) is 0.583. The maximum Gasteiger partial charge on any atom is 0.421 e. The van der Waals surface area contributed by atoms with E-state index in [1.54, 1.807) is 23.0 Å². The Bertz CT molecular complexity index is 1050. The normalized spacial score (nSPS) is 22.5. The van der Waals surface area contributed by atoms with Crippen molar-refractivity contribution in [1.29, 1.82) is 0 Å². The molecule has 4 bridgehead atoms. The molecule has 0 aliphatic carbocycles. The summed E-state index contributed by atoms with van der Waals surface area (Å²) in [7, 11) is 0. The number of rotatable bonds is 1. The van der Waals surface area contributed by atoms with E-state index in [1.807, 2.05) is 10.9 Å². The predicted octanol–water partition coefficient (Wildman–Crippen LogP) is 3.62. The van der Waals surface area contributed by atoms with Gasteiger partial charge in [0.05, 0.1) is 38.1 Å². The van der Waals surface area contributed by atoms with Crippen LogP contribution >= 0.6 is 0 Å². The van der Waals surface area contributed by atoms with Gasteiger partial charge in [0, 0.05) is 23.8 Å². The number of halogens is 2. The molecular weight excluding hydrogens is 410 g/mol. The molecule has 2 aromatic heterocycles. The summed E-state index contributed by atoms with van der Waals surface area (Å²) in [6.45, 7) is 1.03. The lowest BCUT2D eigenvalue weighted by atomic mass is 10.1. The molecular formula is C21H24F2N4O4. The van der Waals surface area contributed by atoms with Crippen LogP contribution in [0.4, 0.5) is 8.78 Å². The number of benzene rings is 1. The first-order valence-electron chi connectivity index (χ1n) is 10.5. The summed E-state index contributed by atoms with van der Waals surface area (Å²) in [5, 5.41) is 9.89. The predicted molar refractivity (Wildman–Crippen MR) is 107 cm³/mol. The van der Waals surface area contributed by atoms with Crippen molar-refractivity contribution in [2.75, 3.05) is 33.0 Å². The first kappa shape index (κ1) is 20.3. The summed E-state index contributed by atoms with van der Waals surface area (Å²) in [5.74, 6) is 0.0437. The highest BCUT2D eigenvalue weighted by Gasteiger charge is 2.33. The Labute approximate surface area is 177 Å². The van der Waals surface area contributed by atoms with Crippen molar-refractivity contribution >= 4 is 10.9 Å². The molecule has 1 fully saturated rings. The highest BCUT2D eigenvalue weighted by molar-refractivity contribution is 5.94. The topological polar surface area (TPSA) is 72.6 Å². The Kier molecular flexibility index (Phi) is 5.59. The molecule has 31 heavy (non-hydrogen) atoms.